The van der Waals surface area contributed by atoms with Crippen LogP contribution in [-0.4, -0.2) is 11.5 Å². The fraction of sp³-hybridized carbons (Fsp3) is 0.200. The average molecular weight is 274 g/mol. The standard InChI is InChI=1S/C15H15FN2O2/c16-13-8-9-15(18(19)20)14(11-13)17-10-4-7-12-5-2-1-3-6-12/h1-3,5-6,8-9,11,17H,4,7,10H2. The van der Waals surface area contributed by atoms with Gasteiger partial charge in [0.05, 0.1) is 4.92 Å². The predicted octanol–water partition coefficient (Wildman–Crippen LogP) is 3.78. The van der Waals surface area contributed by atoms with Crippen LogP contribution in [0.25, 0.3) is 0 Å². The first-order chi connectivity index (χ1) is 9.66. The van der Waals surface area contributed by atoms with Gasteiger partial charge in [-0.1, -0.05) is 30.3 Å². The Bertz CT molecular complexity index is 588. The maximum absolute atomic E-state index is 13.1. The third-order valence-corrected chi connectivity index (χ3v) is 2.96. The normalized spacial score (nSPS) is 10.2. The van der Waals surface area contributed by atoms with E-state index in [1.54, 1.807) is 0 Å². The van der Waals surface area contributed by atoms with Gasteiger partial charge < -0.3 is 5.32 Å². The number of aryl methyl sites for hydroxylation is 1. The third-order valence-electron chi connectivity index (χ3n) is 2.96. The second kappa shape index (κ2) is 6.65. The molecule has 0 aliphatic carbocycles. The summed E-state index contributed by atoms with van der Waals surface area (Å²) in [7, 11) is 0. The summed E-state index contributed by atoms with van der Waals surface area (Å²) in [4.78, 5) is 10.3. The number of hydrogen-bond donors (Lipinski definition) is 1. The monoisotopic (exact) mass is 274 g/mol. The summed E-state index contributed by atoms with van der Waals surface area (Å²) >= 11 is 0. The van der Waals surface area contributed by atoms with Crippen molar-refractivity contribution in [1.82, 2.24) is 0 Å². The molecule has 0 saturated heterocycles. The van der Waals surface area contributed by atoms with Crippen molar-refractivity contribution in [3.8, 4) is 0 Å². The van der Waals surface area contributed by atoms with Crippen molar-refractivity contribution >= 4 is 11.4 Å². The molecule has 0 radical (unpaired) electrons. The molecule has 0 bridgehead atoms. The van der Waals surface area contributed by atoms with Crippen molar-refractivity contribution in [2.24, 2.45) is 0 Å². The molecule has 0 atom stereocenters. The van der Waals surface area contributed by atoms with Gasteiger partial charge in [-0.3, -0.25) is 10.1 Å². The molecule has 0 saturated carbocycles. The number of nitrogens with one attached hydrogen (secondary N) is 1. The average Bonchev–Trinajstić information content (AvgIpc) is 2.44. The number of benzene rings is 2. The molecule has 0 heterocycles. The Morgan fingerprint density at radius 1 is 1.15 bits per heavy atom. The Balaban J connectivity index is 1.91. The van der Waals surface area contributed by atoms with Crippen LogP contribution in [0.5, 0.6) is 0 Å². The van der Waals surface area contributed by atoms with Gasteiger partial charge in [-0.2, -0.15) is 0 Å². The Labute approximate surface area is 116 Å². The molecule has 0 aliphatic heterocycles. The summed E-state index contributed by atoms with van der Waals surface area (Å²) in [6, 6.07) is 13.4. The van der Waals surface area contributed by atoms with E-state index in [0.717, 1.165) is 25.0 Å². The van der Waals surface area contributed by atoms with Crippen LogP contribution >= 0.6 is 0 Å². The maximum Gasteiger partial charge on any atom is 0.292 e. The van der Waals surface area contributed by atoms with Crippen LogP contribution in [0.3, 0.4) is 0 Å². The summed E-state index contributed by atoms with van der Waals surface area (Å²) in [5.74, 6) is -0.485. The quantitative estimate of drug-likeness (QED) is 0.495. The molecule has 20 heavy (non-hydrogen) atoms. The van der Waals surface area contributed by atoms with E-state index in [4.69, 9.17) is 0 Å². The number of nitro groups is 1. The van der Waals surface area contributed by atoms with E-state index < -0.39 is 10.7 Å². The van der Waals surface area contributed by atoms with E-state index in [9.17, 15) is 14.5 Å². The number of nitrogens with zero attached hydrogens (tertiary/aromatic N) is 1. The van der Waals surface area contributed by atoms with Crippen LogP contribution in [0.1, 0.15) is 12.0 Å². The highest BCUT2D eigenvalue weighted by molar-refractivity contribution is 5.61. The lowest BCUT2D eigenvalue weighted by atomic mass is 10.1. The van der Waals surface area contributed by atoms with Gasteiger partial charge >= 0.3 is 0 Å². The number of rotatable bonds is 6. The molecular weight excluding hydrogens is 259 g/mol. The first kappa shape index (κ1) is 14.0. The largest absolute Gasteiger partial charge is 0.379 e. The van der Waals surface area contributed by atoms with Crippen LogP contribution in [0.2, 0.25) is 0 Å². The van der Waals surface area contributed by atoms with E-state index in [2.05, 4.69) is 5.32 Å². The summed E-state index contributed by atoms with van der Waals surface area (Å²) in [5.41, 5.74) is 1.33. The van der Waals surface area contributed by atoms with Gasteiger partial charge in [0.15, 0.2) is 0 Å². The summed E-state index contributed by atoms with van der Waals surface area (Å²) in [6.07, 6.45) is 1.69. The van der Waals surface area contributed by atoms with Crippen LogP contribution in [0.4, 0.5) is 15.8 Å². The lowest BCUT2D eigenvalue weighted by Gasteiger charge is -2.07. The molecule has 0 aromatic heterocycles. The smallest absolute Gasteiger partial charge is 0.292 e. The molecule has 2 aromatic carbocycles. The summed E-state index contributed by atoms with van der Waals surface area (Å²) < 4.78 is 13.1. The van der Waals surface area contributed by atoms with E-state index in [1.807, 2.05) is 30.3 Å². The number of hydrogen-bond acceptors (Lipinski definition) is 3. The topological polar surface area (TPSA) is 55.2 Å². The highest BCUT2D eigenvalue weighted by atomic mass is 19.1. The van der Waals surface area contributed by atoms with E-state index in [1.165, 1.54) is 11.6 Å². The molecule has 104 valence electrons. The molecule has 0 unspecified atom stereocenters. The third kappa shape index (κ3) is 3.78. The van der Waals surface area contributed by atoms with Crippen molar-refractivity contribution in [3.05, 3.63) is 70.0 Å². The van der Waals surface area contributed by atoms with Gasteiger partial charge in [0, 0.05) is 18.7 Å². The zero-order valence-corrected chi connectivity index (χ0v) is 10.9. The van der Waals surface area contributed by atoms with Gasteiger partial charge in [-0.25, -0.2) is 4.39 Å². The minimum absolute atomic E-state index is 0.105. The molecule has 2 aromatic rings. The van der Waals surface area contributed by atoms with E-state index in [0.29, 0.717) is 6.54 Å². The van der Waals surface area contributed by atoms with Crippen LogP contribution in [0, 0.1) is 15.9 Å². The Morgan fingerprint density at radius 2 is 1.90 bits per heavy atom. The molecule has 4 nitrogen and oxygen atoms in total. The molecule has 0 aliphatic rings. The molecule has 0 amide bonds. The van der Waals surface area contributed by atoms with Gasteiger partial charge in [0.1, 0.15) is 11.5 Å². The predicted molar refractivity (Wildman–Crippen MR) is 76.3 cm³/mol. The van der Waals surface area contributed by atoms with Gasteiger partial charge in [0.2, 0.25) is 0 Å². The second-order valence-electron chi connectivity index (χ2n) is 4.43. The summed E-state index contributed by atoms with van der Waals surface area (Å²) in [6.45, 7) is 0.555. The Hall–Kier alpha value is -2.43. The lowest BCUT2D eigenvalue weighted by Crippen LogP contribution is -2.05. The SMILES string of the molecule is O=[N+]([O-])c1ccc(F)cc1NCCCc1ccccc1. The number of anilines is 1. The minimum Gasteiger partial charge on any atom is -0.379 e. The van der Waals surface area contributed by atoms with Gasteiger partial charge in [-0.05, 0) is 24.5 Å². The van der Waals surface area contributed by atoms with Crippen molar-refractivity contribution in [2.45, 2.75) is 12.8 Å². The summed E-state index contributed by atoms with van der Waals surface area (Å²) in [5, 5.41) is 13.8. The van der Waals surface area contributed by atoms with E-state index >= 15 is 0 Å². The first-order valence-corrected chi connectivity index (χ1v) is 6.38. The van der Waals surface area contributed by atoms with Crippen molar-refractivity contribution in [2.75, 3.05) is 11.9 Å². The number of halogens is 1. The van der Waals surface area contributed by atoms with Crippen molar-refractivity contribution in [1.29, 1.82) is 0 Å². The zero-order chi connectivity index (χ0) is 14.4. The second-order valence-corrected chi connectivity index (χ2v) is 4.43. The maximum atomic E-state index is 13.1. The van der Waals surface area contributed by atoms with Crippen LogP contribution in [-0.2, 0) is 6.42 Å². The molecular formula is C15H15FN2O2. The fourth-order valence-corrected chi connectivity index (χ4v) is 1.97. The molecule has 0 spiro atoms. The van der Waals surface area contributed by atoms with Crippen LogP contribution < -0.4 is 5.32 Å². The Kier molecular flexibility index (Phi) is 4.65. The van der Waals surface area contributed by atoms with Crippen molar-refractivity contribution < 1.29 is 9.31 Å². The number of nitro benzene ring substituents is 1. The molecule has 0 fully saturated rings. The minimum atomic E-state index is -0.515. The van der Waals surface area contributed by atoms with Crippen LogP contribution in [0.15, 0.2) is 48.5 Å². The first-order valence-electron chi connectivity index (χ1n) is 6.38. The zero-order valence-electron chi connectivity index (χ0n) is 10.9. The molecule has 5 heteroatoms. The highest BCUT2D eigenvalue weighted by Gasteiger charge is 2.13. The van der Waals surface area contributed by atoms with E-state index in [-0.39, 0.29) is 11.4 Å². The molecule has 2 rings (SSSR count). The lowest BCUT2D eigenvalue weighted by molar-refractivity contribution is -0.384. The Morgan fingerprint density at radius 3 is 2.60 bits per heavy atom. The fourth-order valence-electron chi connectivity index (χ4n) is 1.97. The highest BCUT2D eigenvalue weighted by Crippen LogP contribution is 2.24. The van der Waals surface area contributed by atoms with Crippen molar-refractivity contribution in [3.63, 3.8) is 0 Å². The van der Waals surface area contributed by atoms with Gasteiger partial charge in [0.25, 0.3) is 5.69 Å². The van der Waals surface area contributed by atoms with Gasteiger partial charge in [-0.15, -0.1) is 0 Å². The molecule has 1 N–H and O–H groups in total.